The van der Waals surface area contributed by atoms with Gasteiger partial charge in [-0.2, -0.15) is 0 Å². The zero-order chi connectivity index (χ0) is 17.1. The Bertz CT molecular complexity index is 706. The Hall–Kier alpha value is -2.17. The van der Waals surface area contributed by atoms with Gasteiger partial charge in [0.15, 0.2) is 0 Å². The third-order valence-electron chi connectivity index (χ3n) is 4.83. The van der Waals surface area contributed by atoms with Gasteiger partial charge >= 0.3 is 0 Å². The van der Waals surface area contributed by atoms with Gasteiger partial charge in [0.1, 0.15) is 17.3 Å². The lowest BCUT2D eigenvalue weighted by Crippen LogP contribution is -2.40. The van der Waals surface area contributed by atoms with Crippen LogP contribution in [0.2, 0.25) is 0 Å². The minimum Gasteiger partial charge on any atom is -0.347 e. The molecule has 0 bridgehead atoms. The number of hydrogen-bond donors (Lipinski definition) is 0. The van der Waals surface area contributed by atoms with E-state index in [1.54, 1.807) is 0 Å². The van der Waals surface area contributed by atoms with Crippen LogP contribution in [0.1, 0.15) is 35.3 Å². The predicted molar refractivity (Wildman–Crippen MR) is 88.7 cm³/mol. The van der Waals surface area contributed by atoms with Crippen molar-refractivity contribution >= 4 is 5.91 Å². The van der Waals surface area contributed by atoms with Crippen LogP contribution >= 0.6 is 0 Å². The van der Waals surface area contributed by atoms with E-state index in [1.807, 2.05) is 34.8 Å². The molecule has 3 rings (SSSR count). The quantitative estimate of drug-likeness (QED) is 0.836. The number of likely N-dealkylation sites (tertiary alicyclic amines) is 1. The van der Waals surface area contributed by atoms with Crippen LogP contribution < -0.4 is 0 Å². The second-order valence-corrected chi connectivity index (χ2v) is 6.50. The van der Waals surface area contributed by atoms with Gasteiger partial charge in [0, 0.05) is 31.9 Å². The molecule has 0 unspecified atom stereocenters. The fourth-order valence-corrected chi connectivity index (χ4v) is 3.45. The highest BCUT2D eigenvalue weighted by molar-refractivity contribution is 5.92. The van der Waals surface area contributed by atoms with Gasteiger partial charge in [-0.1, -0.05) is 6.07 Å². The Labute approximate surface area is 140 Å². The van der Waals surface area contributed by atoms with E-state index >= 15 is 0 Å². The number of aromatic nitrogens is 1. The van der Waals surface area contributed by atoms with E-state index in [9.17, 15) is 13.6 Å². The topological polar surface area (TPSA) is 25.2 Å². The second kappa shape index (κ2) is 7.16. The summed E-state index contributed by atoms with van der Waals surface area (Å²) in [5.41, 5.74) is 0.833. The molecule has 1 saturated heterocycles. The van der Waals surface area contributed by atoms with Crippen LogP contribution in [0.15, 0.2) is 36.5 Å². The van der Waals surface area contributed by atoms with Gasteiger partial charge in [-0.05, 0) is 55.9 Å². The van der Waals surface area contributed by atoms with Crippen LogP contribution in [-0.2, 0) is 13.5 Å². The first-order valence-electron chi connectivity index (χ1n) is 8.39. The van der Waals surface area contributed by atoms with E-state index in [4.69, 9.17) is 0 Å². The molecule has 0 N–H and O–H groups in total. The van der Waals surface area contributed by atoms with Crippen molar-refractivity contribution < 1.29 is 13.6 Å². The summed E-state index contributed by atoms with van der Waals surface area (Å²) in [7, 11) is 1.86. The van der Waals surface area contributed by atoms with E-state index < -0.39 is 11.6 Å². The van der Waals surface area contributed by atoms with Crippen molar-refractivity contribution in [1.82, 2.24) is 9.47 Å². The normalized spacial score (nSPS) is 18.0. The lowest BCUT2D eigenvalue weighted by Gasteiger charge is -2.33. The molecular formula is C19H22F2N2O. The van der Waals surface area contributed by atoms with Crippen LogP contribution in [0, 0.1) is 17.6 Å². The molecule has 2 heterocycles. The molecule has 1 aromatic heterocycles. The number of aryl methyl sites for hydroxylation is 1. The Morgan fingerprint density at radius 2 is 1.96 bits per heavy atom. The van der Waals surface area contributed by atoms with Crippen molar-refractivity contribution in [3.05, 3.63) is 59.4 Å². The van der Waals surface area contributed by atoms with Crippen molar-refractivity contribution in [2.24, 2.45) is 13.0 Å². The average Bonchev–Trinajstić information content (AvgIpc) is 3.00. The zero-order valence-corrected chi connectivity index (χ0v) is 13.8. The zero-order valence-electron chi connectivity index (χ0n) is 13.8. The summed E-state index contributed by atoms with van der Waals surface area (Å²) in [6, 6.07) is 7.65. The van der Waals surface area contributed by atoms with Crippen molar-refractivity contribution in [3.63, 3.8) is 0 Å². The first-order chi connectivity index (χ1) is 11.6. The summed E-state index contributed by atoms with van der Waals surface area (Å²) < 4.78 is 29.3. The molecule has 0 radical (unpaired) electrons. The van der Waals surface area contributed by atoms with Gasteiger partial charge in [0.05, 0.1) is 0 Å². The molecule has 1 aliphatic heterocycles. The van der Waals surface area contributed by atoms with Crippen LogP contribution in [0.3, 0.4) is 0 Å². The van der Waals surface area contributed by atoms with Gasteiger partial charge in [0.25, 0.3) is 5.91 Å². The Balaban J connectivity index is 1.62. The highest BCUT2D eigenvalue weighted by Crippen LogP contribution is 2.24. The fraction of sp³-hybridized carbons (Fsp3) is 0.421. The molecule has 5 heteroatoms. The molecule has 1 amide bonds. The third kappa shape index (κ3) is 3.50. The number of amides is 1. The van der Waals surface area contributed by atoms with Gasteiger partial charge in [-0.25, -0.2) is 8.78 Å². The Morgan fingerprint density at radius 1 is 1.21 bits per heavy atom. The number of halogens is 2. The van der Waals surface area contributed by atoms with Gasteiger partial charge < -0.3 is 9.47 Å². The van der Waals surface area contributed by atoms with Crippen LogP contribution in [0.4, 0.5) is 8.78 Å². The second-order valence-electron chi connectivity index (χ2n) is 6.50. The number of rotatable bonds is 4. The smallest absolute Gasteiger partial charge is 0.270 e. The van der Waals surface area contributed by atoms with E-state index in [0.29, 0.717) is 25.1 Å². The number of piperidine rings is 1. The molecule has 0 aliphatic carbocycles. The summed E-state index contributed by atoms with van der Waals surface area (Å²) in [4.78, 5) is 14.5. The molecular weight excluding hydrogens is 310 g/mol. The molecule has 1 atom stereocenters. The average molecular weight is 332 g/mol. The maximum atomic E-state index is 13.7. The van der Waals surface area contributed by atoms with Crippen molar-refractivity contribution in [2.75, 3.05) is 13.1 Å². The summed E-state index contributed by atoms with van der Waals surface area (Å²) in [5, 5.41) is 0. The van der Waals surface area contributed by atoms with Gasteiger partial charge in [-0.3, -0.25) is 4.79 Å². The Morgan fingerprint density at radius 3 is 2.62 bits per heavy atom. The highest BCUT2D eigenvalue weighted by Gasteiger charge is 2.25. The van der Waals surface area contributed by atoms with E-state index in [2.05, 4.69) is 0 Å². The molecule has 1 aromatic carbocycles. The molecule has 1 fully saturated rings. The first-order valence-corrected chi connectivity index (χ1v) is 8.39. The van der Waals surface area contributed by atoms with Crippen LogP contribution in [0.5, 0.6) is 0 Å². The SMILES string of the molecule is Cn1cccc1C(=O)N1CCC[C@@H](CCc2c(F)cccc2F)C1. The van der Waals surface area contributed by atoms with Crippen molar-refractivity contribution in [1.29, 1.82) is 0 Å². The summed E-state index contributed by atoms with van der Waals surface area (Å²) >= 11 is 0. The fourth-order valence-electron chi connectivity index (χ4n) is 3.45. The molecule has 0 spiro atoms. The van der Waals surface area contributed by atoms with Crippen LogP contribution in [-0.4, -0.2) is 28.5 Å². The molecule has 24 heavy (non-hydrogen) atoms. The highest BCUT2D eigenvalue weighted by atomic mass is 19.1. The number of carbonyl (C=O) groups is 1. The minimum absolute atomic E-state index is 0.0317. The first kappa shape index (κ1) is 16.7. The molecule has 0 saturated carbocycles. The standard InChI is InChI=1S/C19H22F2N2O/c1-22-11-4-8-18(22)19(24)23-12-3-5-14(13-23)9-10-15-16(20)6-2-7-17(15)21/h2,4,6-8,11,14H,3,5,9-10,12-13H2,1H3/t14-/m0/s1. The third-order valence-corrected chi connectivity index (χ3v) is 4.83. The summed E-state index contributed by atoms with van der Waals surface area (Å²) in [5.74, 6) is -0.656. The Kier molecular flexibility index (Phi) is 4.97. The maximum Gasteiger partial charge on any atom is 0.270 e. The number of benzene rings is 1. The number of carbonyl (C=O) groups excluding carboxylic acids is 1. The van der Waals surface area contributed by atoms with Crippen molar-refractivity contribution in [3.8, 4) is 0 Å². The van der Waals surface area contributed by atoms with E-state index in [1.165, 1.54) is 18.2 Å². The molecule has 1 aliphatic rings. The van der Waals surface area contributed by atoms with Gasteiger partial charge in [0.2, 0.25) is 0 Å². The number of nitrogens with zero attached hydrogens (tertiary/aromatic N) is 2. The van der Waals surface area contributed by atoms with E-state index in [-0.39, 0.29) is 17.4 Å². The number of hydrogen-bond acceptors (Lipinski definition) is 1. The summed E-state index contributed by atoms with van der Waals surface area (Å²) in [6.45, 7) is 1.40. The van der Waals surface area contributed by atoms with Crippen LogP contribution in [0.25, 0.3) is 0 Å². The maximum absolute atomic E-state index is 13.7. The molecule has 3 nitrogen and oxygen atoms in total. The molecule has 2 aromatic rings. The predicted octanol–water partition coefficient (Wildman–Crippen LogP) is 3.79. The minimum atomic E-state index is -0.484. The van der Waals surface area contributed by atoms with E-state index in [0.717, 1.165) is 19.4 Å². The molecule has 128 valence electrons. The summed E-state index contributed by atoms with van der Waals surface area (Å²) in [6.07, 6.45) is 4.84. The lowest BCUT2D eigenvalue weighted by molar-refractivity contribution is 0.0658. The van der Waals surface area contributed by atoms with Crippen molar-refractivity contribution in [2.45, 2.75) is 25.7 Å². The monoisotopic (exact) mass is 332 g/mol. The largest absolute Gasteiger partial charge is 0.347 e. The van der Waals surface area contributed by atoms with Gasteiger partial charge in [-0.15, -0.1) is 0 Å². The lowest BCUT2D eigenvalue weighted by atomic mass is 9.91.